The molecular weight excluding hydrogens is 997 g/mol. The van der Waals surface area contributed by atoms with E-state index in [2.05, 4.69) is 45.1 Å². The van der Waals surface area contributed by atoms with Gasteiger partial charge in [-0.05, 0) is 51.4 Å². The predicted molar refractivity (Wildman–Crippen MR) is 353 cm³/mol. The maximum atomic E-state index is 12.9. The molecule has 0 rings (SSSR count). The largest absolute Gasteiger partial charge is 0.462 e. The SMILES string of the molecule is CCCCC/C=C\C/C=C\CCCCCCCCCCCC(=O)OC(COC(=O)CCCCCCCCCCC)COC(=O)CCCCCCCCCCCCCCCCCCCCCCCCCCCCCCCCCCCCC. The standard InChI is InChI=1S/C75H142O6/c1-4-7-10-13-16-19-21-23-25-27-29-30-31-32-33-34-35-36-37-38-39-40-41-42-43-44-46-47-49-51-53-56-59-62-65-68-74(77)80-71-72(70-79-73(76)67-64-61-58-55-18-15-12-9-6-3)81-75(78)69-66-63-60-57-54-52-50-48-45-28-26-24-22-20-17-14-11-8-5-2/h17,20,24,26,72H,4-16,18-19,21-23,25,27-71H2,1-3H3/b20-17-,26-24-. The molecule has 0 fully saturated rings. The highest BCUT2D eigenvalue weighted by atomic mass is 16.6. The maximum Gasteiger partial charge on any atom is 0.306 e. The minimum absolute atomic E-state index is 0.0671. The van der Waals surface area contributed by atoms with Crippen molar-refractivity contribution in [2.45, 2.75) is 425 Å². The summed E-state index contributed by atoms with van der Waals surface area (Å²) in [6, 6.07) is 0. The van der Waals surface area contributed by atoms with Gasteiger partial charge in [-0.25, -0.2) is 0 Å². The number of carbonyl (C=O) groups excluding carboxylic acids is 3. The summed E-state index contributed by atoms with van der Waals surface area (Å²) in [6.45, 7) is 6.67. The van der Waals surface area contributed by atoms with Crippen molar-refractivity contribution in [1.82, 2.24) is 0 Å². The van der Waals surface area contributed by atoms with Crippen LogP contribution in [-0.4, -0.2) is 37.2 Å². The summed E-state index contributed by atoms with van der Waals surface area (Å²) < 4.78 is 16.9. The molecule has 0 spiro atoms. The highest BCUT2D eigenvalue weighted by Crippen LogP contribution is 2.19. The molecule has 0 aliphatic rings. The van der Waals surface area contributed by atoms with Crippen LogP contribution in [-0.2, 0) is 28.6 Å². The van der Waals surface area contributed by atoms with Crippen LogP contribution in [0.2, 0.25) is 0 Å². The molecule has 0 aromatic heterocycles. The molecule has 0 aliphatic carbocycles. The first-order valence-electron chi connectivity index (χ1n) is 36.8. The van der Waals surface area contributed by atoms with Gasteiger partial charge in [0.1, 0.15) is 13.2 Å². The molecule has 0 saturated carbocycles. The zero-order valence-corrected chi connectivity index (χ0v) is 55.1. The minimum Gasteiger partial charge on any atom is -0.462 e. The van der Waals surface area contributed by atoms with E-state index in [0.717, 1.165) is 64.2 Å². The van der Waals surface area contributed by atoms with Gasteiger partial charge in [-0.15, -0.1) is 0 Å². The Labute approximate surface area is 506 Å². The number of carbonyl (C=O) groups is 3. The van der Waals surface area contributed by atoms with Crippen molar-refractivity contribution in [3.8, 4) is 0 Å². The van der Waals surface area contributed by atoms with Gasteiger partial charge in [0, 0.05) is 19.3 Å². The van der Waals surface area contributed by atoms with E-state index in [4.69, 9.17) is 14.2 Å². The maximum absolute atomic E-state index is 12.9. The van der Waals surface area contributed by atoms with Crippen molar-refractivity contribution in [3.05, 3.63) is 24.3 Å². The monoisotopic (exact) mass is 1140 g/mol. The fourth-order valence-electron chi connectivity index (χ4n) is 11.4. The van der Waals surface area contributed by atoms with Crippen LogP contribution in [0.1, 0.15) is 419 Å². The zero-order valence-electron chi connectivity index (χ0n) is 55.1. The van der Waals surface area contributed by atoms with Crippen LogP contribution < -0.4 is 0 Å². The average molecular weight is 1140 g/mol. The van der Waals surface area contributed by atoms with Crippen molar-refractivity contribution >= 4 is 17.9 Å². The molecule has 0 N–H and O–H groups in total. The van der Waals surface area contributed by atoms with Crippen molar-refractivity contribution in [2.24, 2.45) is 0 Å². The Balaban J connectivity index is 3.97. The second-order valence-electron chi connectivity index (χ2n) is 25.2. The lowest BCUT2D eigenvalue weighted by Gasteiger charge is -2.18. The molecule has 1 atom stereocenters. The molecule has 0 aromatic carbocycles. The lowest BCUT2D eigenvalue weighted by atomic mass is 10.0. The third-order valence-electron chi connectivity index (χ3n) is 17.0. The molecule has 0 bridgehead atoms. The molecule has 0 radical (unpaired) electrons. The van der Waals surface area contributed by atoms with Crippen LogP contribution in [0.15, 0.2) is 24.3 Å². The number of hydrogen-bond donors (Lipinski definition) is 0. The molecule has 0 aromatic rings. The summed E-state index contributed by atoms with van der Waals surface area (Å²) in [5, 5.41) is 0. The van der Waals surface area contributed by atoms with Gasteiger partial charge in [-0.2, -0.15) is 0 Å². The molecule has 6 heteroatoms. The van der Waals surface area contributed by atoms with E-state index in [9.17, 15) is 14.4 Å². The van der Waals surface area contributed by atoms with Gasteiger partial charge in [-0.3, -0.25) is 14.4 Å². The Morgan fingerprint density at radius 2 is 0.444 bits per heavy atom. The van der Waals surface area contributed by atoms with E-state index in [-0.39, 0.29) is 31.1 Å². The number of unbranched alkanes of at least 4 members (excludes halogenated alkanes) is 54. The lowest BCUT2D eigenvalue weighted by molar-refractivity contribution is -0.167. The first-order valence-corrected chi connectivity index (χ1v) is 36.8. The topological polar surface area (TPSA) is 78.9 Å². The second kappa shape index (κ2) is 70.4. The van der Waals surface area contributed by atoms with Crippen LogP contribution in [0, 0.1) is 0 Å². The van der Waals surface area contributed by atoms with E-state index in [0.29, 0.717) is 19.3 Å². The van der Waals surface area contributed by atoms with Gasteiger partial charge < -0.3 is 14.2 Å². The second-order valence-corrected chi connectivity index (χ2v) is 25.2. The summed E-state index contributed by atoms with van der Waals surface area (Å²) in [4.78, 5) is 38.3. The zero-order chi connectivity index (χ0) is 58.5. The van der Waals surface area contributed by atoms with Crippen LogP contribution in [0.25, 0.3) is 0 Å². The van der Waals surface area contributed by atoms with Crippen LogP contribution >= 0.6 is 0 Å². The number of rotatable bonds is 69. The molecular formula is C75H142O6. The van der Waals surface area contributed by atoms with E-state index >= 15 is 0 Å². The summed E-state index contributed by atoms with van der Waals surface area (Å²) in [7, 11) is 0. The van der Waals surface area contributed by atoms with Gasteiger partial charge in [0.05, 0.1) is 0 Å². The van der Waals surface area contributed by atoms with Crippen molar-refractivity contribution in [2.75, 3.05) is 13.2 Å². The van der Waals surface area contributed by atoms with Gasteiger partial charge >= 0.3 is 17.9 Å². The first kappa shape index (κ1) is 78.9. The Morgan fingerprint density at radius 3 is 0.704 bits per heavy atom. The summed E-state index contributed by atoms with van der Waals surface area (Å²) in [5.74, 6) is -0.846. The number of hydrogen-bond acceptors (Lipinski definition) is 6. The number of ether oxygens (including phenoxy) is 3. The van der Waals surface area contributed by atoms with Crippen LogP contribution in [0.5, 0.6) is 0 Å². The van der Waals surface area contributed by atoms with Gasteiger partial charge in [-0.1, -0.05) is 373 Å². The van der Waals surface area contributed by atoms with Gasteiger partial charge in [0.25, 0.3) is 0 Å². The van der Waals surface area contributed by atoms with E-state index in [1.807, 2.05) is 0 Å². The van der Waals surface area contributed by atoms with E-state index in [1.165, 1.54) is 315 Å². The highest BCUT2D eigenvalue weighted by Gasteiger charge is 2.20. The molecule has 0 amide bonds. The fourth-order valence-corrected chi connectivity index (χ4v) is 11.4. The Hall–Kier alpha value is -2.11. The van der Waals surface area contributed by atoms with Crippen LogP contribution in [0.4, 0.5) is 0 Å². The van der Waals surface area contributed by atoms with Crippen molar-refractivity contribution in [1.29, 1.82) is 0 Å². The van der Waals surface area contributed by atoms with E-state index < -0.39 is 6.10 Å². The quantitative estimate of drug-likeness (QED) is 0.0261. The summed E-state index contributed by atoms with van der Waals surface area (Å²) in [5.41, 5.74) is 0. The van der Waals surface area contributed by atoms with E-state index in [1.54, 1.807) is 0 Å². The Bertz CT molecular complexity index is 1310. The highest BCUT2D eigenvalue weighted by molar-refractivity contribution is 5.71. The van der Waals surface area contributed by atoms with Gasteiger partial charge in [0.2, 0.25) is 0 Å². The fraction of sp³-hybridized carbons (Fsp3) is 0.907. The van der Waals surface area contributed by atoms with Crippen LogP contribution in [0.3, 0.4) is 0 Å². The van der Waals surface area contributed by atoms with Crippen molar-refractivity contribution in [3.63, 3.8) is 0 Å². The number of allylic oxidation sites excluding steroid dienone is 4. The van der Waals surface area contributed by atoms with Gasteiger partial charge in [0.15, 0.2) is 6.10 Å². The number of esters is 3. The molecule has 0 saturated heterocycles. The summed E-state index contributed by atoms with van der Waals surface area (Å²) >= 11 is 0. The molecule has 0 aliphatic heterocycles. The molecule has 0 heterocycles. The Morgan fingerprint density at radius 1 is 0.247 bits per heavy atom. The minimum atomic E-state index is -0.769. The molecule has 81 heavy (non-hydrogen) atoms. The lowest BCUT2D eigenvalue weighted by Crippen LogP contribution is -2.30. The normalized spacial score (nSPS) is 12.1. The van der Waals surface area contributed by atoms with Crippen molar-refractivity contribution < 1.29 is 28.6 Å². The predicted octanol–water partition coefficient (Wildman–Crippen LogP) is 25.3. The molecule has 1 unspecified atom stereocenters. The molecule has 6 nitrogen and oxygen atoms in total. The third kappa shape index (κ3) is 68.6. The first-order chi connectivity index (χ1) is 40.0. The molecule has 478 valence electrons. The smallest absolute Gasteiger partial charge is 0.306 e. The Kier molecular flexibility index (Phi) is 68.5. The third-order valence-corrected chi connectivity index (χ3v) is 17.0. The average Bonchev–Trinajstić information content (AvgIpc) is 3.47. The summed E-state index contributed by atoms with van der Waals surface area (Å²) in [6.07, 6.45) is 86.8.